The summed E-state index contributed by atoms with van der Waals surface area (Å²) in [6, 6.07) is 7.73. The number of aliphatic hydroxyl groups is 1. The molecule has 0 spiro atoms. The van der Waals surface area contributed by atoms with Gasteiger partial charge in [0, 0.05) is 26.8 Å². The summed E-state index contributed by atoms with van der Waals surface area (Å²) in [6.07, 6.45) is 0.694. The van der Waals surface area contributed by atoms with Crippen LogP contribution in [0.2, 0.25) is 0 Å². The molecular weight excluding hydrogens is 256 g/mol. The summed E-state index contributed by atoms with van der Waals surface area (Å²) in [4.78, 5) is 11.6. The van der Waals surface area contributed by atoms with Crippen LogP contribution in [0, 0.1) is 5.92 Å². The van der Waals surface area contributed by atoms with Crippen molar-refractivity contribution in [2.75, 3.05) is 20.3 Å². The van der Waals surface area contributed by atoms with E-state index in [2.05, 4.69) is 10.6 Å². The summed E-state index contributed by atoms with van der Waals surface area (Å²) in [5, 5.41) is 14.4. The van der Waals surface area contributed by atoms with Crippen molar-refractivity contribution < 1.29 is 14.6 Å². The van der Waals surface area contributed by atoms with Crippen LogP contribution in [0.4, 0.5) is 4.79 Å². The van der Waals surface area contributed by atoms with Crippen molar-refractivity contribution in [3.63, 3.8) is 0 Å². The minimum absolute atomic E-state index is 0.150. The van der Waals surface area contributed by atoms with Crippen LogP contribution in [0.1, 0.15) is 24.5 Å². The lowest BCUT2D eigenvalue weighted by Crippen LogP contribution is -2.37. The Morgan fingerprint density at radius 2 is 2.10 bits per heavy atom. The molecule has 1 unspecified atom stereocenters. The maximum Gasteiger partial charge on any atom is 0.315 e. The fraction of sp³-hybridized carbons (Fsp3) is 0.533. The molecule has 1 atom stereocenters. The molecule has 0 radical (unpaired) electrons. The van der Waals surface area contributed by atoms with Crippen LogP contribution < -0.4 is 10.6 Å². The lowest BCUT2D eigenvalue weighted by molar-refractivity contribution is 0.185. The van der Waals surface area contributed by atoms with E-state index in [0.29, 0.717) is 26.1 Å². The quantitative estimate of drug-likeness (QED) is 0.678. The van der Waals surface area contributed by atoms with Crippen molar-refractivity contribution >= 4 is 6.03 Å². The van der Waals surface area contributed by atoms with Crippen LogP contribution in [-0.4, -0.2) is 31.4 Å². The highest BCUT2D eigenvalue weighted by atomic mass is 16.5. The van der Waals surface area contributed by atoms with E-state index in [0.717, 1.165) is 11.1 Å². The van der Waals surface area contributed by atoms with E-state index >= 15 is 0 Å². The van der Waals surface area contributed by atoms with Crippen molar-refractivity contribution in [2.45, 2.75) is 26.5 Å². The van der Waals surface area contributed by atoms with Crippen molar-refractivity contribution in [1.29, 1.82) is 0 Å². The van der Waals surface area contributed by atoms with E-state index in [1.54, 1.807) is 7.11 Å². The Morgan fingerprint density at radius 1 is 1.35 bits per heavy atom. The van der Waals surface area contributed by atoms with E-state index in [1.807, 2.05) is 31.2 Å². The van der Waals surface area contributed by atoms with Crippen LogP contribution in [0.25, 0.3) is 0 Å². The van der Waals surface area contributed by atoms with Crippen molar-refractivity contribution in [3.8, 4) is 0 Å². The monoisotopic (exact) mass is 280 g/mol. The normalized spacial score (nSPS) is 11.9. The van der Waals surface area contributed by atoms with Gasteiger partial charge in [-0.25, -0.2) is 4.79 Å². The highest BCUT2D eigenvalue weighted by molar-refractivity contribution is 5.73. The molecule has 1 aromatic carbocycles. The van der Waals surface area contributed by atoms with Crippen LogP contribution in [0.15, 0.2) is 24.3 Å². The summed E-state index contributed by atoms with van der Waals surface area (Å²) in [7, 11) is 1.66. The number of hydrogen-bond acceptors (Lipinski definition) is 3. The Balaban J connectivity index is 2.31. The summed E-state index contributed by atoms with van der Waals surface area (Å²) in [5.74, 6) is 0.274. The molecule has 0 heterocycles. The first-order chi connectivity index (χ1) is 9.65. The Labute approximate surface area is 120 Å². The molecule has 112 valence electrons. The minimum atomic E-state index is -0.188. The van der Waals surface area contributed by atoms with Crippen molar-refractivity contribution in [3.05, 3.63) is 35.4 Å². The molecule has 2 amide bonds. The van der Waals surface area contributed by atoms with Gasteiger partial charge in [-0.05, 0) is 23.5 Å². The zero-order valence-corrected chi connectivity index (χ0v) is 12.2. The fourth-order valence-corrected chi connectivity index (χ4v) is 1.83. The van der Waals surface area contributed by atoms with Gasteiger partial charge in [0.2, 0.25) is 0 Å². The first-order valence-corrected chi connectivity index (χ1v) is 6.85. The Morgan fingerprint density at radius 3 is 2.80 bits per heavy atom. The van der Waals surface area contributed by atoms with Crippen molar-refractivity contribution in [1.82, 2.24) is 10.6 Å². The maximum absolute atomic E-state index is 11.6. The lowest BCUT2D eigenvalue weighted by Gasteiger charge is -2.12. The van der Waals surface area contributed by atoms with Crippen LogP contribution in [0.5, 0.6) is 0 Å². The molecule has 3 N–H and O–H groups in total. The van der Waals surface area contributed by atoms with Gasteiger partial charge in [0.15, 0.2) is 0 Å². The summed E-state index contributed by atoms with van der Waals surface area (Å²) >= 11 is 0. The van der Waals surface area contributed by atoms with Gasteiger partial charge in [-0.1, -0.05) is 31.2 Å². The summed E-state index contributed by atoms with van der Waals surface area (Å²) < 4.78 is 5.08. The second-order valence-electron chi connectivity index (χ2n) is 4.93. The van der Waals surface area contributed by atoms with Gasteiger partial charge in [-0.15, -0.1) is 0 Å². The number of rotatable bonds is 8. The molecule has 1 aromatic rings. The number of aliphatic hydroxyl groups excluding tert-OH is 1. The number of hydrogen-bond donors (Lipinski definition) is 3. The standard InChI is InChI=1S/C15H24N2O3/c1-12(6-7-18)9-16-15(19)17-10-13-4-3-5-14(8-13)11-20-2/h3-5,8,12,18H,6-7,9-11H2,1-2H3,(H2,16,17,19). The zero-order chi connectivity index (χ0) is 14.8. The number of benzene rings is 1. The average molecular weight is 280 g/mol. The predicted octanol–water partition coefficient (Wildman–Crippen LogP) is 1.65. The number of ether oxygens (including phenoxy) is 1. The molecule has 5 heteroatoms. The molecule has 20 heavy (non-hydrogen) atoms. The number of nitrogens with one attached hydrogen (secondary N) is 2. The van der Waals surface area contributed by atoms with Crippen LogP contribution >= 0.6 is 0 Å². The summed E-state index contributed by atoms with van der Waals surface area (Å²) in [6.45, 7) is 3.76. The molecule has 0 saturated carbocycles. The van der Waals surface area contributed by atoms with E-state index < -0.39 is 0 Å². The van der Waals surface area contributed by atoms with Gasteiger partial charge >= 0.3 is 6.03 Å². The topological polar surface area (TPSA) is 70.6 Å². The first kappa shape index (κ1) is 16.5. The van der Waals surface area contributed by atoms with Gasteiger partial charge in [-0.3, -0.25) is 0 Å². The van der Waals surface area contributed by atoms with Crippen LogP contribution in [-0.2, 0) is 17.9 Å². The second kappa shape index (κ2) is 9.34. The molecule has 0 aromatic heterocycles. The van der Waals surface area contributed by atoms with Gasteiger partial charge in [0.05, 0.1) is 6.61 Å². The largest absolute Gasteiger partial charge is 0.396 e. The number of methoxy groups -OCH3 is 1. The molecule has 0 aliphatic rings. The molecule has 0 saturated heterocycles. The number of urea groups is 1. The molecule has 0 fully saturated rings. The first-order valence-electron chi connectivity index (χ1n) is 6.85. The number of amides is 2. The third-order valence-corrected chi connectivity index (χ3v) is 2.99. The van der Waals surface area contributed by atoms with Gasteiger partial charge in [0.1, 0.15) is 0 Å². The molecule has 0 aliphatic heterocycles. The predicted molar refractivity (Wildman–Crippen MR) is 78.3 cm³/mol. The molecule has 5 nitrogen and oxygen atoms in total. The molecule has 0 aliphatic carbocycles. The fourth-order valence-electron chi connectivity index (χ4n) is 1.83. The van der Waals surface area contributed by atoms with Crippen LogP contribution in [0.3, 0.4) is 0 Å². The van der Waals surface area contributed by atoms with Gasteiger partial charge < -0.3 is 20.5 Å². The SMILES string of the molecule is COCc1cccc(CNC(=O)NCC(C)CCO)c1. The van der Waals surface area contributed by atoms with Gasteiger partial charge in [-0.2, -0.15) is 0 Å². The molecule has 0 bridgehead atoms. The Kier molecular flexibility index (Phi) is 7.69. The highest BCUT2D eigenvalue weighted by Crippen LogP contribution is 2.06. The van der Waals surface area contributed by atoms with Crippen molar-refractivity contribution in [2.24, 2.45) is 5.92 Å². The minimum Gasteiger partial charge on any atom is -0.396 e. The van der Waals surface area contributed by atoms with Gasteiger partial charge in [0.25, 0.3) is 0 Å². The molecular formula is C15H24N2O3. The Hall–Kier alpha value is -1.59. The molecule has 1 rings (SSSR count). The lowest BCUT2D eigenvalue weighted by atomic mass is 10.1. The number of carbonyl (C=O) groups is 1. The van der Waals surface area contributed by atoms with E-state index in [1.165, 1.54) is 0 Å². The van der Waals surface area contributed by atoms with E-state index in [-0.39, 0.29) is 18.6 Å². The smallest absolute Gasteiger partial charge is 0.315 e. The third-order valence-electron chi connectivity index (χ3n) is 2.99. The Bertz CT molecular complexity index is 410. The van der Waals surface area contributed by atoms with E-state index in [9.17, 15) is 4.79 Å². The highest BCUT2D eigenvalue weighted by Gasteiger charge is 2.05. The maximum atomic E-state index is 11.6. The summed E-state index contributed by atoms with van der Waals surface area (Å²) in [5.41, 5.74) is 2.13. The second-order valence-corrected chi connectivity index (χ2v) is 4.93. The zero-order valence-electron chi connectivity index (χ0n) is 12.2. The average Bonchev–Trinajstić information content (AvgIpc) is 2.44. The number of carbonyl (C=O) groups excluding carboxylic acids is 1. The van der Waals surface area contributed by atoms with E-state index in [4.69, 9.17) is 9.84 Å². The third kappa shape index (κ3) is 6.54.